The molecule has 0 bridgehead atoms. The summed E-state index contributed by atoms with van der Waals surface area (Å²) in [5.74, 6) is 0.726. The molecule has 0 aromatic heterocycles. The van der Waals surface area contributed by atoms with E-state index in [0.717, 1.165) is 28.0 Å². The lowest BCUT2D eigenvalue weighted by atomic mass is 10.2. The summed E-state index contributed by atoms with van der Waals surface area (Å²) in [5, 5.41) is 3.34. The highest BCUT2D eigenvalue weighted by Crippen LogP contribution is 2.32. The molecule has 20 heavy (non-hydrogen) atoms. The van der Waals surface area contributed by atoms with Gasteiger partial charge in [0.05, 0.1) is 18.0 Å². The molecular weight excluding hydrogens is 316 g/mol. The molecule has 0 heterocycles. The van der Waals surface area contributed by atoms with Gasteiger partial charge in [0.2, 0.25) is 0 Å². The summed E-state index contributed by atoms with van der Waals surface area (Å²) >= 11 is 3.50. The van der Waals surface area contributed by atoms with E-state index in [1.807, 2.05) is 24.3 Å². The fourth-order valence-electron chi connectivity index (χ4n) is 1.95. The van der Waals surface area contributed by atoms with Gasteiger partial charge in [-0.1, -0.05) is 28.9 Å². The summed E-state index contributed by atoms with van der Waals surface area (Å²) in [6.07, 6.45) is 0.960. The van der Waals surface area contributed by atoms with Crippen LogP contribution in [-0.2, 0) is 0 Å². The van der Waals surface area contributed by atoms with Crippen LogP contribution in [0.15, 0.2) is 40.9 Å². The number of rotatable bonds is 5. The first-order chi connectivity index (χ1) is 9.60. The molecule has 0 saturated heterocycles. The van der Waals surface area contributed by atoms with Crippen molar-refractivity contribution in [1.29, 1.82) is 0 Å². The summed E-state index contributed by atoms with van der Waals surface area (Å²) in [4.78, 5) is 0. The van der Waals surface area contributed by atoms with Crippen molar-refractivity contribution in [3.8, 4) is 5.75 Å². The van der Waals surface area contributed by atoms with E-state index in [2.05, 4.69) is 47.2 Å². The third-order valence-corrected chi connectivity index (χ3v) is 3.31. The Bertz CT molecular complexity index is 579. The highest BCUT2D eigenvalue weighted by molar-refractivity contribution is 9.10. The maximum Gasteiger partial charge on any atom is 0.144 e. The largest absolute Gasteiger partial charge is 0.491 e. The number of hydrogen-bond acceptors (Lipinski definition) is 3. The molecular formula is C16H19BrN2O. The first kappa shape index (κ1) is 14.7. The zero-order valence-electron chi connectivity index (χ0n) is 11.7. The fourth-order valence-corrected chi connectivity index (χ4v) is 2.56. The number of hydrogen-bond donors (Lipinski definition) is 2. The average molecular weight is 335 g/mol. The Balaban J connectivity index is 2.24. The highest BCUT2D eigenvalue weighted by atomic mass is 79.9. The molecule has 0 spiro atoms. The van der Waals surface area contributed by atoms with Gasteiger partial charge in [-0.3, -0.25) is 0 Å². The average Bonchev–Trinajstić information content (AvgIpc) is 2.38. The molecule has 4 heteroatoms. The van der Waals surface area contributed by atoms with Gasteiger partial charge >= 0.3 is 0 Å². The molecule has 0 aliphatic carbocycles. The molecule has 2 rings (SSSR count). The van der Waals surface area contributed by atoms with E-state index < -0.39 is 0 Å². The predicted octanol–water partition coefficient (Wildman–Crippen LogP) is 4.87. The molecule has 0 saturated carbocycles. The highest BCUT2D eigenvalue weighted by Gasteiger charge is 2.06. The minimum Gasteiger partial charge on any atom is -0.491 e. The molecule has 2 aromatic carbocycles. The second-order valence-corrected chi connectivity index (χ2v) is 5.62. The lowest BCUT2D eigenvalue weighted by molar-refractivity contribution is 0.319. The number of nitrogen functional groups attached to an aromatic ring is 1. The second kappa shape index (κ2) is 6.66. The van der Waals surface area contributed by atoms with Gasteiger partial charge < -0.3 is 15.8 Å². The van der Waals surface area contributed by atoms with Crippen LogP contribution in [0.25, 0.3) is 0 Å². The molecule has 0 aliphatic heterocycles. The lowest BCUT2D eigenvalue weighted by Crippen LogP contribution is -2.02. The van der Waals surface area contributed by atoms with E-state index in [4.69, 9.17) is 10.5 Å². The Kier molecular flexibility index (Phi) is 4.90. The van der Waals surface area contributed by atoms with Crippen LogP contribution in [0.5, 0.6) is 5.75 Å². The number of nitrogens with two attached hydrogens (primary N) is 1. The minimum absolute atomic E-state index is 0.638. The number of para-hydroxylation sites is 1. The maximum absolute atomic E-state index is 6.15. The molecule has 0 radical (unpaired) electrons. The summed E-state index contributed by atoms with van der Waals surface area (Å²) < 4.78 is 6.68. The lowest BCUT2D eigenvalue weighted by Gasteiger charge is -2.14. The molecule has 3 N–H and O–H groups in total. The van der Waals surface area contributed by atoms with Crippen LogP contribution in [0, 0.1) is 6.92 Å². The number of nitrogens with one attached hydrogen (secondary N) is 1. The standard InChI is InChI=1S/C16H19BrN2O/c1-3-7-20-15-6-4-5-14(16(15)18)19-13-9-11(2)8-12(17)10-13/h4-6,8-10,19H,3,7,18H2,1-2H3. The predicted molar refractivity (Wildman–Crippen MR) is 88.8 cm³/mol. The zero-order chi connectivity index (χ0) is 14.5. The van der Waals surface area contributed by atoms with E-state index in [0.29, 0.717) is 12.3 Å². The Morgan fingerprint density at radius 1 is 1.25 bits per heavy atom. The number of aryl methyl sites for hydroxylation is 1. The molecule has 0 fully saturated rings. The molecule has 3 nitrogen and oxygen atoms in total. The molecule has 0 unspecified atom stereocenters. The van der Waals surface area contributed by atoms with E-state index in [1.165, 1.54) is 5.56 Å². The van der Waals surface area contributed by atoms with Crippen molar-refractivity contribution in [2.24, 2.45) is 0 Å². The van der Waals surface area contributed by atoms with Crippen LogP contribution in [0.1, 0.15) is 18.9 Å². The SMILES string of the molecule is CCCOc1cccc(Nc2cc(C)cc(Br)c2)c1N. The molecule has 0 aliphatic rings. The van der Waals surface area contributed by atoms with E-state index in [1.54, 1.807) is 0 Å². The Labute approximate surface area is 128 Å². The summed E-state index contributed by atoms with van der Waals surface area (Å²) in [5.41, 5.74) is 9.82. The molecule has 2 aromatic rings. The first-order valence-electron chi connectivity index (χ1n) is 6.65. The topological polar surface area (TPSA) is 47.3 Å². The van der Waals surface area contributed by atoms with Crippen molar-refractivity contribution >= 4 is 33.0 Å². The Morgan fingerprint density at radius 3 is 2.75 bits per heavy atom. The van der Waals surface area contributed by atoms with Crippen LogP contribution >= 0.6 is 15.9 Å². The number of benzene rings is 2. The summed E-state index contributed by atoms with van der Waals surface area (Å²) in [6.45, 7) is 4.80. The van der Waals surface area contributed by atoms with Crippen molar-refractivity contribution in [2.45, 2.75) is 20.3 Å². The van der Waals surface area contributed by atoms with Crippen LogP contribution in [0.4, 0.5) is 17.1 Å². The third-order valence-electron chi connectivity index (χ3n) is 2.85. The normalized spacial score (nSPS) is 10.3. The van der Waals surface area contributed by atoms with E-state index in [-0.39, 0.29) is 0 Å². The van der Waals surface area contributed by atoms with Gasteiger partial charge in [-0.25, -0.2) is 0 Å². The molecule has 0 atom stereocenters. The van der Waals surface area contributed by atoms with Crippen molar-refractivity contribution in [1.82, 2.24) is 0 Å². The molecule has 0 amide bonds. The third kappa shape index (κ3) is 3.67. The number of anilines is 3. The smallest absolute Gasteiger partial charge is 0.144 e. The monoisotopic (exact) mass is 334 g/mol. The van der Waals surface area contributed by atoms with Crippen LogP contribution in [-0.4, -0.2) is 6.61 Å². The van der Waals surface area contributed by atoms with E-state index >= 15 is 0 Å². The van der Waals surface area contributed by atoms with Crippen molar-refractivity contribution in [3.05, 3.63) is 46.4 Å². The van der Waals surface area contributed by atoms with Gasteiger partial charge in [0.15, 0.2) is 0 Å². The van der Waals surface area contributed by atoms with Crippen LogP contribution in [0.2, 0.25) is 0 Å². The van der Waals surface area contributed by atoms with Crippen LogP contribution in [0.3, 0.4) is 0 Å². The van der Waals surface area contributed by atoms with Gasteiger partial charge in [-0.15, -0.1) is 0 Å². The van der Waals surface area contributed by atoms with Crippen molar-refractivity contribution in [2.75, 3.05) is 17.7 Å². The van der Waals surface area contributed by atoms with Crippen LogP contribution < -0.4 is 15.8 Å². The Morgan fingerprint density at radius 2 is 2.05 bits per heavy atom. The fraction of sp³-hybridized carbons (Fsp3) is 0.250. The van der Waals surface area contributed by atoms with Gasteiger partial charge in [0.25, 0.3) is 0 Å². The van der Waals surface area contributed by atoms with Gasteiger partial charge in [0, 0.05) is 10.2 Å². The summed E-state index contributed by atoms with van der Waals surface area (Å²) in [7, 11) is 0. The zero-order valence-corrected chi connectivity index (χ0v) is 13.3. The quantitative estimate of drug-likeness (QED) is 0.766. The Hall–Kier alpha value is -1.68. The van der Waals surface area contributed by atoms with Crippen molar-refractivity contribution < 1.29 is 4.74 Å². The van der Waals surface area contributed by atoms with E-state index in [9.17, 15) is 0 Å². The minimum atomic E-state index is 0.638. The molecule has 106 valence electrons. The first-order valence-corrected chi connectivity index (χ1v) is 7.45. The van der Waals surface area contributed by atoms with Gasteiger partial charge in [0.1, 0.15) is 5.75 Å². The second-order valence-electron chi connectivity index (χ2n) is 4.71. The van der Waals surface area contributed by atoms with Gasteiger partial charge in [-0.05, 0) is 49.2 Å². The maximum atomic E-state index is 6.15. The number of halogens is 1. The van der Waals surface area contributed by atoms with Gasteiger partial charge in [-0.2, -0.15) is 0 Å². The number of ether oxygens (including phenoxy) is 1. The summed E-state index contributed by atoms with van der Waals surface area (Å²) in [6, 6.07) is 11.9. The van der Waals surface area contributed by atoms with Crippen molar-refractivity contribution in [3.63, 3.8) is 0 Å².